The van der Waals surface area contributed by atoms with Crippen molar-refractivity contribution in [3.05, 3.63) is 59.5 Å². The van der Waals surface area contributed by atoms with Crippen molar-refractivity contribution in [2.45, 2.75) is 6.04 Å². The summed E-state index contributed by atoms with van der Waals surface area (Å²) in [7, 11) is 1.06. The van der Waals surface area contributed by atoms with Crippen LogP contribution in [0.25, 0.3) is 0 Å². The maximum Gasteiger partial charge on any atom is 0.259 e. The number of amides is 1. The Morgan fingerprint density at radius 3 is 2.07 bits per heavy atom. The van der Waals surface area contributed by atoms with E-state index < -0.39 is 15.9 Å². The molecule has 1 amide bonds. The molecule has 28 heavy (non-hydrogen) atoms. The van der Waals surface area contributed by atoms with E-state index in [0.29, 0.717) is 22.9 Å². The zero-order valence-corrected chi connectivity index (χ0v) is 16.6. The number of methoxy groups -OCH3 is 3. The minimum atomic E-state index is -3.34. The van der Waals surface area contributed by atoms with Crippen molar-refractivity contribution in [3.8, 4) is 17.2 Å². The van der Waals surface area contributed by atoms with Gasteiger partial charge < -0.3 is 19.1 Å². The smallest absolute Gasteiger partial charge is 0.259 e. The van der Waals surface area contributed by atoms with E-state index in [4.69, 9.17) is 14.2 Å². The number of rotatable bonds is 6. The number of carbonyl (C=O) groups excluding carboxylic acids is 1. The molecular weight excluding hydrogens is 382 g/mol. The van der Waals surface area contributed by atoms with Gasteiger partial charge in [-0.3, -0.25) is 4.79 Å². The van der Waals surface area contributed by atoms with Gasteiger partial charge in [-0.15, -0.1) is 0 Å². The van der Waals surface area contributed by atoms with Crippen LogP contribution >= 0.6 is 0 Å². The SMILES string of the molecule is COc1cc(C(=O)N(c2ccccc2)[C@H]2C=CS(=O)(=O)C2)cc(OC)c1OC. The molecule has 2 aromatic carbocycles. The molecule has 8 heteroatoms. The van der Waals surface area contributed by atoms with Crippen LogP contribution in [-0.4, -0.2) is 47.4 Å². The number of anilines is 1. The average molecular weight is 403 g/mol. The van der Waals surface area contributed by atoms with E-state index in [1.165, 1.54) is 32.3 Å². The van der Waals surface area contributed by atoms with Crippen LogP contribution in [-0.2, 0) is 9.84 Å². The third-order valence-electron chi connectivity index (χ3n) is 4.41. The summed E-state index contributed by atoms with van der Waals surface area (Å²) >= 11 is 0. The van der Waals surface area contributed by atoms with Gasteiger partial charge in [0, 0.05) is 16.7 Å². The predicted molar refractivity (Wildman–Crippen MR) is 106 cm³/mol. The number of hydrogen-bond acceptors (Lipinski definition) is 6. The van der Waals surface area contributed by atoms with Crippen LogP contribution in [0.2, 0.25) is 0 Å². The van der Waals surface area contributed by atoms with Crippen molar-refractivity contribution in [1.29, 1.82) is 0 Å². The van der Waals surface area contributed by atoms with Crippen LogP contribution in [0.1, 0.15) is 10.4 Å². The molecule has 7 nitrogen and oxygen atoms in total. The minimum Gasteiger partial charge on any atom is -0.493 e. The molecule has 1 atom stereocenters. The predicted octanol–water partition coefficient (Wildman–Crippen LogP) is 2.67. The summed E-state index contributed by atoms with van der Waals surface area (Å²) in [5.74, 6) is 0.506. The van der Waals surface area contributed by atoms with Gasteiger partial charge in [0.25, 0.3) is 5.91 Å². The zero-order chi connectivity index (χ0) is 20.3. The summed E-state index contributed by atoms with van der Waals surface area (Å²) in [6, 6.07) is 11.4. The third-order valence-corrected chi connectivity index (χ3v) is 5.79. The molecule has 0 saturated carbocycles. The summed E-state index contributed by atoms with van der Waals surface area (Å²) in [6.45, 7) is 0. The van der Waals surface area contributed by atoms with Crippen molar-refractivity contribution in [2.24, 2.45) is 0 Å². The van der Waals surface area contributed by atoms with Gasteiger partial charge >= 0.3 is 0 Å². The summed E-state index contributed by atoms with van der Waals surface area (Å²) in [5.41, 5.74) is 0.879. The first kappa shape index (κ1) is 19.8. The van der Waals surface area contributed by atoms with Crippen LogP contribution < -0.4 is 19.1 Å². The lowest BCUT2D eigenvalue weighted by molar-refractivity contribution is 0.0982. The molecule has 3 rings (SSSR count). The van der Waals surface area contributed by atoms with Gasteiger partial charge in [0.1, 0.15) is 0 Å². The van der Waals surface area contributed by atoms with Crippen molar-refractivity contribution < 1.29 is 27.4 Å². The first-order valence-electron chi connectivity index (χ1n) is 8.49. The monoisotopic (exact) mass is 403 g/mol. The zero-order valence-electron chi connectivity index (χ0n) is 15.8. The highest BCUT2D eigenvalue weighted by molar-refractivity contribution is 7.94. The van der Waals surface area contributed by atoms with Crippen LogP contribution in [0.15, 0.2) is 53.9 Å². The molecule has 0 fully saturated rings. The molecule has 0 aromatic heterocycles. The van der Waals surface area contributed by atoms with E-state index in [1.54, 1.807) is 36.4 Å². The van der Waals surface area contributed by atoms with Crippen molar-refractivity contribution in [1.82, 2.24) is 0 Å². The second-order valence-corrected chi connectivity index (χ2v) is 8.08. The maximum absolute atomic E-state index is 13.4. The fourth-order valence-electron chi connectivity index (χ4n) is 3.11. The Labute approximate surface area is 164 Å². The number of ether oxygens (including phenoxy) is 3. The first-order chi connectivity index (χ1) is 13.4. The summed E-state index contributed by atoms with van der Waals surface area (Å²) < 4.78 is 39.8. The van der Waals surface area contributed by atoms with Crippen molar-refractivity contribution in [3.63, 3.8) is 0 Å². The number of sulfone groups is 1. The topological polar surface area (TPSA) is 82.1 Å². The summed E-state index contributed by atoms with van der Waals surface area (Å²) in [5, 5.41) is 1.15. The lowest BCUT2D eigenvalue weighted by Crippen LogP contribution is -2.41. The Balaban J connectivity index is 2.09. The normalized spacial score (nSPS) is 17.2. The van der Waals surface area contributed by atoms with Gasteiger partial charge in [-0.25, -0.2) is 8.42 Å². The first-order valence-corrected chi connectivity index (χ1v) is 10.2. The van der Waals surface area contributed by atoms with Crippen LogP contribution in [0, 0.1) is 0 Å². The second-order valence-electron chi connectivity index (χ2n) is 6.15. The second kappa shape index (κ2) is 7.93. The molecule has 0 saturated heterocycles. The third kappa shape index (κ3) is 3.82. The van der Waals surface area contributed by atoms with Gasteiger partial charge in [0.2, 0.25) is 5.75 Å². The Morgan fingerprint density at radius 2 is 1.61 bits per heavy atom. The quantitative estimate of drug-likeness (QED) is 0.738. The Bertz CT molecular complexity index is 976. The van der Waals surface area contributed by atoms with Gasteiger partial charge in [-0.1, -0.05) is 18.2 Å². The highest BCUT2D eigenvalue weighted by Gasteiger charge is 2.32. The summed E-state index contributed by atoms with van der Waals surface area (Å²) in [6.07, 6.45) is 1.53. The lowest BCUT2D eigenvalue weighted by atomic mass is 10.1. The number of para-hydroxylation sites is 1. The minimum absolute atomic E-state index is 0.169. The lowest BCUT2D eigenvalue weighted by Gasteiger charge is -2.28. The molecular formula is C20H21NO6S. The number of carbonyl (C=O) groups is 1. The van der Waals surface area contributed by atoms with E-state index in [0.717, 1.165) is 5.41 Å². The highest BCUT2D eigenvalue weighted by Crippen LogP contribution is 2.39. The van der Waals surface area contributed by atoms with E-state index in [2.05, 4.69) is 0 Å². The average Bonchev–Trinajstić information content (AvgIpc) is 3.06. The van der Waals surface area contributed by atoms with E-state index >= 15 is 0 Å². The van der Waals surface area contributed by atoms with Crippen molar-refractivity contribution >= 4 is 21.4 Å². The number of benzene rings is 2. The van der Waals surface area contributed by atoms with E-state index in [9.17, 15) is 13.2 Å². The van der Waals surface area contributed by atoms with Crippen LogP contribution in [0.3, 0.4) is 0 Å². The van der Waals surface area contributed by atoms with Crippen molar-refractivity contribution in [2.75, 3.05) is 32.0 Å². The largest absolute Gasteiger partial charge is 0.493 e. The number of nitrogens with zero attached hydrogens (tertiary/aromatic N) is 1. The molecule has 0 N–H and O–H groups in total. The van der Waals surface area contributed by atoms with Gasteiger partial charge in [-0.2, -0.15) is 0 Å². The number of hydrogen-bond donors (Lipinski definition) is 0. The molecule has 0 radical (unpaired) electrons. The summed E-state index contributed by atoms with van der Waals surface area (Å²) in [4.78, 5) is 14.9. The van der Waals surface area contributed by atoms with E-state index in [1.807, 2.05) is 6.07 Å². The van der Waals surface area contributed by atoms with Crippen LogP contribution in [0.5, 0.6) is 17.2 Å². The fraction of sp³-hybridized carbons (Fsp3) is 0.250. The Kier molecular flexibility index (Phi) is 5.60. The molecule has 0 unspecified atom stereocenters. The molecule has 1 aliphatic rings. The molecule has 1 heterocycles. The molecule has 0 bridgehead atoms. The highest BCUT2D eigenvalue weighted by atomic mass is 32.2. The molecule has 2 aromatic rings. The Morgan fingerprint density at radius 1 is 1.00 bits per heavy atom. The Hall–Kier alpha value is -3.00. The fourth-order valence-corrected chi connectivity index (χ4v) is 4.38. The molecule has 148 valence electrons. The van der Waals surface area contributed by atoms with E-state index in [-0.39, 0.29) is 17.2 Å². The van der Waals surface area contributed by atoms with Gasteiger partial charge in [0.15, 0.2) is 21.3 Å². The molecule has 0 spiro atoms. The van der Waals surface area contributed by atoms with Crippen LogP contribution in [0.4, 0.5) is 5.69 Å². The standard InChI is InChI=1S/C20H21NO6S/c1-25-17-11-14(12-18(26-2)19(17)27-3)20(22)21(15-7-5-4-6-8-15)16-9-10-28(23,24)13-16/h4-12,16H,13H2,1-3H3/t16-/m0/s1. The van der Waals surface area contributed by atoms with Gasteiger partial charge in [0.05, 0.1) is 33.1 Å². The molecule has 1 aliphatic heterocycles. The van der Waals surface area contributed by atoms with Gasteiger partial charge in [-0.05, 0) is 30.3 Å². The maximum atomic E-state index is 13.4. The molecule has 0 aliphatic carbocycles.